The fourth-order valence-corrected chi connectivity index (χ4v) is 6.20. The van der Waals surface area contributed by atoms with Crippen LogP contribution in [0, 0.1) is 0 Å². The van der Waals surface area contributed by atoms with Crippen molar-refractivity contribution in [3.05, 3.63) is 158 Å². The van der Waals surface area contributed by atoms with Crippen molar-refractivity contribution in [2.45, 2.75) is 0 Å². The molecule has 0 fully saturated rings. The SMILES string of the molecule is c1ccc(-c2cccc(-c3ccc4cc(-c5cc6c7ccccc7ccc6c6ccccc56)ccc4c3)c2)cc1. The summed E-state index contributed by atoms with van der Waals surface area (Å²) < 4.78 is 0. The molecule has 0 bridgehead atoms. The molecule has 0 atom stereocenters. The van der Waals surface area contributed by atoms with E-state index in [1.165, 1.54) is 76.5 Å². The van der Waals surface area contributed by atoms with Crippen LogP contribution >= 0.6 is 0 Å². The fraction of sp³-hybridized carbons (Fsp3) is 0. The van der Waals surface area contributed by atoms with E-state index in [9.17, 15) is 0 Å². The summed E-state index contributed by atoms with van der Waals surface area (Å²) in [6.07, 6.45) is 0. The van der Waals surface area contributed by atoms with Crippen LogP contribution in [0.4, 0.5) is 0 Å². The van der Waals surface area contributed by atoms with Crippen LogP contribution in [0.3, 0.4) is 0 Å². The largest absolute Gasteiger partial charge is 0.0622 e. The van der Waals surface area contributed by atoms with E-state index in [1.807, 2.05) is 0 Å². The molecule has 0 spiro atoms. The van der Waals surface area contributed by atoms with Crippen LogP contribution in [0.25, 0.3) is 76.5 Å². The molecule has 0 heteroatoms. The van der Waals surface area contributed by atoms with Gasteiger partial charge in [-0.05, 0) is 101 Å². The molecule has 186 valence electrons. The minimum Gasteiger partial charge on any atom is -0.0622 e. The van der Waals surface area contributed by atoms with Gasteiger partial charge < -0.3 is 0 Å². The van der Waals surface area contributed by atoms with Crippen molar-refractivity contribution in [2.24, 2.45) is 0 Å². The lowest BCUT2D eigenvalue weighted by molar-refractivity contribution is 1.60. The second-order valence-electron chi connectivity index (χ2n) is 10.6. The highest BCUT2D eigenvalue weighted by molar-refractivity contribution is 6.21. The molecule has 0 saturated carbocycles. The van der Waals surface area contributed by atoms with Gasteiger partial charge in [-0.25, -0.2) is 0 Å². The van der Waals surface area contributed by atoms with Crippen LogP contribution in [-0.2, 0) is 0 Å². The maximum atomic E-state index is 2.39. The normalized spacial score (nSPS) is 11.5. The Balaban J connectivity index is 1.27. The van der Waals surface area contributed by atoms with Crippen LogP contribution in [-0.4, -0.2) is 0 Å². The fourth-order valence-electron chi connectivity index (χ4n) is 6.20. The van der Waals surface area contributed by atoms with Crippen LogP contribution in [0.15, 0.2) is 158 Å². The Morgan fingerprint density at radius 3 is 1.60 bits per heavy atom. The van der Waals surface area contributed by atoms with Crippen LogP contribution in [0.2, 0.25) is 0 Å². The summed E-state index contributed by atoms with van der Waals surface area (Å²) in [5.74, 6) is 0. The molecule has 0 N–H and O–H groups in total. The van der Waals surface area contributed by atoms with Gasteiger partial charge in [-0.3, -0.25) is 0 Å². The van der Waals surface area contributed by atoms with Crippen molar-refractivity contribution in [3.8, 4) is 33.4 Å². The van der Waals surface area contributed by atoms with E-state index in [0.717, 1.165) is 0 Å². The second kappa shape index (κ2) is 9.22. The summed E-state index contributed by atoms with van der Waals surface area (Å²) in [5.41, 5.74) is 7.48. The van der Waals surface area contributed by atoms with Gasteiger partial charge in [0.25, 0.3) is 0 Å². The van der Waals surface area contributed by atoms with Crippen molar-refractivity contribution >= 4 is 43.1 Å². The predicted octanol–water partition coefficient (Wildman–Crippen LogP) is 11.3. The second-order valence-corrected chi connectivity index (χ2v) is 10.6. The van der Waals surface area contributed by atoms with Crippen LogP contribution in [0.5, 0.6) is 0 Å². The lowest BCUT2D eigenvalue weighted by Crippen LogP contribution is -1.87. The summed E-state index contributed by atoms with van der Waals surface area (Å²) in [6.45, 7) is 0. The van der Waals surface area contributed by atoms with E-state index in [4.69, 9.17) is 0 Å². The Labute approximate surface area is 233 Å². The Morgan fingerprint density at radius 1 is 0.225 bits per heavy atom. The lowest BCUT2D eigenvalue weighted by Gasteiger charge is -2.14. The Hall–Kier alpha value is -5.20. The molecule has 0 amide bonds. The van der Waals surface area contributed by atoms with Crippen LogP contribution in [0.1, 0.15) is 0 Å². The highest BCUT2D eigenvalue weighted by Crippen LogP contribution is 2.39. The quantitative estimate of drug-likeness (QED) is 0.209. The van der Waals surface area contributed by atoms with Gasteiger partial charge in [0.1, 0.15) is 0 Å². The topological polar surface area (TPSA) is 0 Å². The molecule has 8 aromatic rings. The van der Waals surface area contributed by atoms with Gasteiger partial charge in [-0.1, -0.05) is 133 Å². The van der Waals surface area contributed by atoms with Gasteiger partial charge in [0.15, 0.2) is 0 Å². The molecule has 0 radical (unpaired) electrons. The van der Waals surface area contributed by atoms with E-state index < -0.39 is 0 Å². The molecule has 0 aromatic heterocycles. The van der Waals surface area contributed by atoms with Gasteiger partial charge in [0, 0.05) is 0 Å². The number of hydrogen-bond donors (Lipinski definition) is 0. The third kappa shape index (κ3) is 3.77. The first-order valence-corrected chi connectivity index (χ1v) is 13.9. The van der Waals surface area contributed by atoms with Gasteiger partial charge in [-0.15, -0.1) is 0 Å². The zero-order valence-electron chi connectivity index (χ0n) is 22.0. The first-order chi connectivity index (χ1) is 19.8. The molecule has 0 aliphatic rings. The van der Waals surface area contributed by atoms with Crippen molar-refractivity contribution in [1.29, 1.82) is 0 Å². The van der Waals surface area contributed by atoms with Crippen molar-refractivity contribution < 1.29 is 0 Å². The molecule has 0 aliphatic heterocycles. The van der Waals surface area contributed by atoms with Gasteiger partial charge in [0.2, 0.25) is 0 Å². The third-order valence-electron chi connectivity index (χ3n) is 8.22. The molecule has 8 rings (SSSR count). The summed E-state index contributed by atoms with van der Waals surface area (Å²) in [5, 5.41) is 10.3. The van der Waals surface area contributed by atoms with E-state index >= 15 is 0 Å². The number of fused-ring (bicyclic) bond motifs is 6. The Bertz CT molecular complexity index is 2200. The maximum Gasteiger partial charge on any atom is -0.00928 e. The molecule has 0 nitrogen and oxygen atoms in total. The summed E-state index contributed by atoms with van der Waals surface area (Å²) in [7, 11) is 0. The molecule has 0 unspecified atom stereocenters. The highest BCUT2D eigenvalue weighted by Gasteiger charge is 2.12. The monoisotopic (exact) mass is 506 g/mol. The standard InChI is InChI=1S/C40H26/c1-2-9-27(10-3-1)29-12-8-13-30(23-29)31-17-18-33-25-34(20-19-32(33)24-31)39-26-40-35-14-5-4-11-28(35)21-22-38(40)36-15-6-7-16-37(36)39/h1-26H. The smallest absolute Gasteiger partial charge is 0.00928 e. The zero-order chi connectivity index (χ0) is 26.5. The minimum atomic E-state index is 1.24. The van der Waals surface area contributed by atoms with E-state index in [-0.39, 0.29) is 0 Å². The number of benzene rings is 8. The van der Waals surface area contributed by atoms with Crippen molar-refractivity contribution in [3.63, 3.8) is 0 Å². The Morgan fingerprint density at radius 2 is 0.775 bits per heavy atom. The maximum absolute atomic E-state index is 2.39. The first-order valence-electron chi connectivity index (χ1n) is 13.9. The first kappa shape index (κ1) is 22.8. The molecule has 40 heavy (non-hydrogen) atoms. The Kier molecular flexibility index (Phi) is 5.24. The highest BCUT2D eigenvalue weighted by atomic mass is 14.2. The predicted molar refractivity (Wildman–Crippen MR) is 173 cm³/mol. The molecule has 8 aromatic carbocycles. The van der Waals surface area contributed by atoms with Gasteiger partial charge in [0.05, 0.1) is 0 Å². The molecule has 0 aliphatic carbocycles. The van der Waals surface area contributed by atoms with Crippen LogP contribution < -0.4 is 0 Å². The van der Waals surface area contributed by atoms with E-state index in [1.54, 1.807) is 0 Å². The lowest BCUT2D eigenvalue weighted by atomic mass is 9.90. The summed E-state index contributed by atoms with van der Waals surface area (Å²) >= 11 is 0. The summed E-state index contributed by atoms with van der Waals surface area (Å²) in [4.78, 5) is 0. The van der Waals surface area contributed by atoms with E-state index in [2.05, 4.69) is 158 Å². The van der Waals surface area contributed by atoms with Crippen molar-refractivity contribution in [1.82, 2.24) is 0 Å². The molecule has 0 saturated heterocycles. The average Bonchev–Trinajstić information content (AvgIpc) is 3.04. The zero-order valence-corrected chi connectivity index (χ0v) is 22.0. The third-order valence-corrected chi connectivity index (χ3v) is 8.22. The van der Waals surface area contributed by atoms with Gasteiger partial charge in [-0.2, -0.15) is 0 Å². The van der Waals surface area contributed by atoms with E-state index in [0.29, 0.717) is 0 Å². The number of hydrogen-bond acceptors (Lipinski definition) is 0. The average molecular weight is 507 g/mol. The molecular formula is C40H26. The van der Waals surface area contributed by atoms with Gasteiger partial charge >= 0.3 is 0 Å². The van der Waals surface area contributed by atoms with Crippen molar-refractivity contribution in [2.75, 3.05) is 0 Å². The number of rotatable bonds is 3. The minimum absolute atomic E-state index is 1.24. The molecule has 0 heterocycles. The summed E-state index contributed by atoms with van der Waals surface area (Å²) in [6, 6.07) is 57.6. The molecular weight excluding hydrogens is 480 g/mol.